The van der Waals surface area contributed by atoms with Crippen molar-refractivity contribution in [1.82, 2.24) is 9.80 Å². The third-order valence-corrected chi connectivity index (χ3v) is 5.88. The molecule has 2 heterocycles. The maximum absolute atomic E-state index is 13.7. The van der Waals surface area contributed by atoms with Gasteiger partial charge in [-0.05, 0) is 48.2 Å². The van der Waals surface area contributed by atoms with Gasteiger partial charge >= 0.3 is 6.18 Å². The van der Waals surface area contributed by atoms with E-state index in [-0.39, 0.29) is 11.9 Å². The molecule has 4 rings (SSSR count). The van der Waals surface area contributed by atoms with E-state index in [0.29, 0.717) is 23.9 Å². The van der Waals surface area contributed by atoms with Crippen molar-refractivity contribution in [2.45, 2.75) is 18.8 Å². The molecule has 0 N–H and O–H groups in total. The van der Waals surface area contributed by atoms with Gasteiger partial charge in [0.1, 0.15) is 5.82 Å². The van der Waals surface area contributed by atoms with E-state index in [4.69, 9.17) is 0 Å². The maximum Gasteiger partial charge on any atom is 0.416 e. The molecule has 0 saturated carbocycles. The van der Waals surface area contributed by atoms with Crippen LogP contribution in [0.2, 0.25) is 0 Å². The second-order valence-electron chi connectivity index (χ2n) is 7.71. The van der Waals surface area contributed by atoms with Gasteiger partial charge in [-0.2, -0.15) is 13.2 Å². The summed E-state index contributed by atoms with van der Waals surface area (Å²) in [6.45, 7) is 2.67. The average molecular weight is 378 g/mol. The molecule has 0 unspecified atom stereocenters. The van der Waals surface area contributed by atoms with E-state index in [2.05, 4.69) is 9.80 Å². The summed E-state index contributed by atoms with van der Waals surface area (Å²) in [5.74, 6) is 0.439. The highest BCUT2D eigenvalue weighted by atomic mass is 19.4. The number of halogens is 4. The Hall–Kier alpha value is -1.92. The standard InChI is InChI=1S/C21H22F4N2/c1-26-10-16-12-27(11-15-5-2-3-8-19(15)21(23,24)25)13-18(16)20(26)14-6-4-7-17(22)9-14/h2-9,16,18,20H,10-13H2,1H3/t16-,18+,20-/m0/s1. The van der Waals surface area contributed by atoms with Crippen molar-refractivity contribution in [3.8, 4) is 0 Å². The van der Waals surface area contributed by atoms with Crippen molar-refractivity contribution < 1.29 is 17.6 Å². The fourth-order valence-electron chi connectivity index (χ4n) is 4.85. The van der Waals surface area contributed by atoms with Gasteiger partial charge in [-0.3, -0.25) is 9.80 Å². The molecule has 0 amide bonds. The lowest BCUT2D eigenvalue weighted by molar-refractivity contribution is -0.138. The third-order valence-electron chi connectivity index (χ3n) is 5.88. The lowest BCUT2D eigenvalue weighted by Gasteiger charge is -2.27. The van der Waals surface area contributed by atoms with Gasteiger partial charge in [0, 0.05) is 32.2 Å². The number of hydrogen-bond donors (Lipinski definition) is 0. The van der Waals surface area contributed by atoms with E-state index in [0.717, 1.165) is 31.3 Å². The van der Waals surface area contributed by atoms with Gasteiger partial charge in [0.05, 0.1) is 5.56 Å². The molecular formula is C21H22F4N2. The van der Waals surface area contributed by atoms with E-state index in [1.807, 2.05) is 13.1 Å². The molecule has 0 aliphatic carbocycles. The molecular weight excluding hydrogens is 356 g/mol. The molecule has 3 atom stereocenters. The zero-order chi connectivity index (χ0) is 19.2. The van der Waals surface area contributed by atoms with E-state index >= 15 is 0 Å². The van der Waals surface area contributed by atoms with Crippen LogP contribution in [-0.2, 0) is 12.7 Å². The number of hydrogen-bond acceptors (Lipinski definition) is 2. The monoisotopic (exact) mass is 378 g/mol. The largest absolute Gasteiger partial charge is 0.416 e. The Labute approximate surface area is 156 Å². The van der Waals surface area contributed by atoms with Crippen LogP contribution in [0.5, 0.6) is 0 Å². The number of alkyl halides is 3. The second-order valence-corrected chi connectivity index (χ2v) is 7.71. The van der Waals surface area contributed by atoms with Gasteiger partial charge < -0.3 is 0 Å². The van der Waals surface area contributed by atoms with Crippen molar-refractivity contribution in [2.24, 2.45) is 11.8 Å². The molecule has 0 aromatic heterocycles. The van der Waals surface area contributed by atoms with Crippen molar-refractivity contribution in [3.63, 3.8) is 0 Å². The van der Waals surface area contributed by atoms with Crippen molar-refractivity contribution in [2.75, 3.05) is 26.7 Å². The molecule has 2 fully saturated rings. The van der Waals surface area contributed by atoms with E-state index in [1.165, 1.54) is 12.1 Å². The summed E-state index contributed by atoms with van der Waals surface area (Å²) in [6.07, 6.45) is -4.34. The summed E-state index contributed by atoms with van der Waals surface area (Å²) in [4.78, 5) is 4.35. The zero-order valence-electron chi connectivity index (χ0n) is 15.1. The van der Waals surface area contributed by atoms with Gasteiger partial charge in [-0.25, -0.2) is 4.39 Å². The van der Waals surface area contributed by atoms with Crippen molar-refractivity contribution >= 4 is 0 Å². The molecule has 2 aromatic rings. The summed E-state index contributed by atoms with van der Waals surface area (Å²) in [6, 6.07) is 12.6. The minimum absolute atomic E-state index is 0.105. The van der Waals surface area contributed by atoms with Crippen LogP contribution in [0.15, 0.2) is 48.5 Å². The van der Waals surface area contributed by atoms with E-state index in [9.17, 15) is 17.6 Å². The van der Waals surface area contributed by atoms with Crippen LogP contribution in [0.1, 0.15) is 22.7 Å². The van der Waals surface area contributed by atoms with Crippen LogP contribution in [-0.4, -0.2) is 36.5 Å². The molecule has 2 aromatic carbocycles. The molecule has 2 nitrogen and oxygen atoms in total. The first-order valence-electron chi connectivity index (χ1n) is 9.16. The van der Waals surface area contributed by atoms with E-state index < -0.39 is 11.7 Å². The highest BCUT2D eigenvalue weighted by Crippen LogP contribution is 2.44. The topological polar surface area (TPSA) is 6.48 Å². The zero-order valence-corrected chi connectivity index (χ0v) is 15.1. The Morgan fingerprint density at radius 2 is 1.78 bits per heavy atom. The molecule has 0 radical (unpaired) electrons. The number of rotatable bonds is 3. The molecule has 27 heavy (non-hydrogen) atoms. The second kappa shape index (κ2) is 6.91. The fraction of sp³-hybridized carbons (Fsp3) is 0.429. The van der Waals surface area contributed by atoms with E-state index in [1.54, 1.807) is 24.3 Å². The fourth-order valence-corrected chi connectivity index (χ4v) is 4.85. The molecule has 144 valence electrons. The Bertz CT molecular complexity index is 820. The maximum atomic E-state index is 13.7. The highest BCUT2D eigenvalue weighted by Gasteiger charge is 2.46. The molecule has 2 aliphatic rings. The van der Waals surface area contributed by atoms with Crippen LogP contribution in [0.25, 0.3) is 0 Å². The predicted molar refractivity (Wildman–Crippen MR) is 95.5 cm³/mol. The Kier molecular flexibility index (Phi) is 4.72. The average Bonchev–Trinajstić information content (AvgIpc) is 3.10. The quantitative estimate of drug-likeness (QED) is 0.722. The van der Waals surface area contributed by atoms with Gasteiger partial charge in [0.15, 0.2) is 0 Å². The van der Waals surface area contributed by atoms with Gasteiger partial charge in [0.2, 0.25) is 0 Å². The summed E-state index contributed by atoms with van der Waals surface area (Å²) in [7, 11) is 2.04. The van der Waals surface area contributed by atoms with Crippen LogP contribution >= 0.6 is 0 Å². The SMILES string of the molecule is CN1C[C@H]2CN(Cc3ccccc3C(F)(F)F)C[C@H]2[C@@H]1c1cccc(F)c1. The predicted octanol–water partition coefficient (Wildman–Crippen LogP) is 4.58. The normalized spacial score (nSPS) is 26.5. The van der Waals surface area contributed by atoms with Gasteiger partial charge in [0.25, 0.3) is 0 Å². The smallest absolute Gasteiger partial charge is 0.299 e. The van der Waals surface area contributed by atoms with Crippen LogP contribution < -0.4 is 0 Å². The number of nitrogens with zero attached hydrogens (tertiary/aromatic N) is 2. The van der Waals surface area contributed by atoms with Gasteiger partial charge in [-0.1, -0.05) is 30.3 Å². The molecule has 0 spiro atoms. The molecule has 0 bridgehead atoms. The number of benzene rings is 2. The van der Waals surface area contributed by atoms with Crippen LogP contribution in [0.4, 0.5) is 17.6 Å². The number of likely N-dealkylation sites (tertiary alicyclic amines) is 2. The van der Waals surface area contributed by atoms with Crippen molar-refractivity contribution in [3.05, 3.63) is 71.0 Å². The Balaban J connectivity index is 1.53. The third kappa shape index (κ3) is 3.60. The van der Waals surface area contributed by atoms with Crippen molar-refractivity contribution in [1.29, 1.82) is 0 Å². The first-order chi connectivity index (χ1) is 12.8. The summed E-state index contributed by atoms with van der Waals surface area (Å²) in [5.41, 5.74) is 0.712. The van der Waals surface area contributed by atoms with Crippen LogP contribution in [0.3, 0.4) is 0 Å². The molecule has 6 heteroatoms. The molecule has 2 aliphatic heterocycles. The minimum Gasteiger partial charge on any atom is -0.299 e. The Morgan fingerprint density at radius 1 is 1.00 bits per heavy atom. The first kappa shape index (κ1) is 18.4. The van der Waals surface area contributed by atoms with Gasteiger partial charge in [-0.15, -0.1) is 0 Å². The summed E-state index contributed by atoms with van der Waals surface area (Å²) < 4.78 is 53.5. The summed E-state index contributed by atoms with van der Waals surface area (Å²) in [5, 5.41) is 0. The first-order valence-corrected chi connectivity index (χ1v) is 9.16. The van der Waals surface area contributed by atoms with Crippen LogP contribution in [0, 0.1) is 17.7 Å². The number of fused-ring (bicyclic) bond motifs is 1. The lowest BCUT2D eigenvalue weighted by atomic mass is 9.89. The minimum atomic E-state index is -4.34. The highest BCUT2D eigenvalue weighted by molar-refractivity contribution is 5.30. The lowest BCUT2D eigenvalue weighted by Crippen LogP contribution is -2.29. The summed E-state index contributed by atoms with van der Waals surface area (Å²) >= 11 is 0. The molecule has 2 saturated heterocycles. The Morgan fingerprint density at radius 3 is 2.52 bits per heavy atom.